The molecule has 3 aromatic heterocycles. The minimum atomic E-state index is 0.444. The second kappa shape index (κ2) is 7.63. The van der Waals surface area contributed by atoms with Crippen LogP contribution in [0.2, 0.25) is 0 Å². The molecular weight excluding hydrogens is 412 g/mol. The molecule has 8 nitrogen and oxygen atoms in total. The van der Waals surface area contributed by atoms with Gasteiger partial charge < -0.3 is 10.3 Å². The summed E-state index contributed by atoms with van der Waals surface area (Å²) in [6.45, 7) is 1.97. The quantitative estimate of drug-likeness (QED) is 0.428. The third-order valence-corrected chi connectivity index (χ3v) is 5.75. The van der Waals surface area contributed by atoms with Crippen LogP contribution < -0.4 is 11.4 Å². The Labute approximate surface area is 189 Å². The lowest BCUT2D eigenvalue weighted by molar-refractivity contribution is 0.809. The molecule has 2 N–H and O–H groups in total. The Balaban J connectivity index is 1.95. The van der Waals surface area contributed by atoms with Crippen LogP contribution in [-0.2, 0) is 7.05 Å². The number of nitriles is 2. The number of nitrogens with two attached hydrogens (primary N) is 1. The lowest BCUT2D eigenvalue weighted by atomic mass is 10.0. The second-order valence-corrected chi connectivity index (χ2v) is 7.72. The number of imidazole rings is 1. The standard InChI is InChI=1S/C25H18N8/c1-15-3-4-16(11-26)9-21(15)33-24-19-10-17(18-6-8-23(28)30-12-18)5-7-20(19)29-13-22(24)32(2)25(33)31-14-27/h3-10,12-13H,1-2H3,(H2,28,30)/b31-25+. The molecule has 0 fully saturated rings. The van der Waals surface area contributed by atoms with Gasteiger partial charge in [-0.1, -0.05) is 12.1 Å². The fraction of sp³-hybridized carbons (Fsp3) is 0.0800. The maximum atomic E-state index is 9.48. The lowest BCUT2D eigenvalue weighted by Gasteiger charge is -2.11. The number of nitrogens with zero attached hydrogens (tertiary/aromatic N) is 7. The summed E-state index contributed by atoms with van der Waals surface area (Å²) < 4.78 is 3.75. The van der Waals surface area contributed by atoms with Crippen LogP contribution in [0.3, 0.4) is 0 Å². The first-order valence-electron chi connectivity index (χ1n) is 10.2. The highest BCUT2D eigenvalue weighted by atomic mass is 15.2. The van der Waals surface area contributed by atoms with Crippen molar-refractivity contribution in [2.24, 2.45) is 12.0 Å². The normalized spacial score (nSPS) is 11.6. The average Bonchev–Trinajstić information content (AvgIpc) is 3.11. The van der Waals surface area contributed by atoms with Gasteiger partial charge in [-0.05, 0) is 54.4 Å². The Morgan fingerprint density at radius 1 is 0.970 bits per heavy atom. The van der Waals surface area contributed by atoms with Crippen molar-refractivity contribution in [3.8, 4) is 29.1 Å². The maximum Gasteiger partial charge on any atom is 0.226 e. The SMILES string of the molecule is Cc1ccc(C#N)cc1-n1/c(=N/C#N)n(C)c2cnc3ccc(-c4ccc(N)nc4)cc3c21. The third-order valence-electron chi connectivity index (χ3n) is 5.75. The first-order valence-corrected chi connectivity index (χ1v) is 10.2. The van der Waals surface area contributed by atoms with Gasteiger partial charge in [0.2, 0.25) is 11.8 Å². The molecule has 0 amide bonds. The highest BCUT2D eigenvalue weighted by Crippen LogP contribution is 2.30. The predicted molar refractivity (Wildman–Crippen MR) is 126 cm³/mol. The van der Waals surface area contributed by atoms with Crippen LogP contribution in [0.1, 0.15) is 11.1 Å². The Morgan fingerprint density at radius 2 is 1.79 bits per heavy atom. The summed E-state index contributed by atoms with van der Waals surface area (Å²) in [5.41, 5.74) is 12.8. The molecule has 5 rings (SSSR count). The number of fused-ring (bicyclic) bond motifs is 3. The number of aromatic nitrogens is 4. The van der Waals surface area contributed by atoms with Gasteiger partial charge in [-0.25, -0.2) is 4.98 Å². The molecule has 3 heterocycles. The van der Waals surface area contributed by atoms with E-state index >= 15 is 0 Å². The number of pyridine rings is 2. The number of benzene rings is 2. The molecule has 158 valence electrons. The van der Waals surface area contributed by atoms with E-state index in [0.717, 1.165) is 44.3 Å². The van der Waals surface area contributed by atoms with Crippen LogP contribution in [0.4, 0.5) is 5.82 Å². The van der Waals surface area contributed by atoms with Gasteiger partial charge in [0.15, 0.2) is 0 Å². The largest absolute Gasteiger partial charge is 0.384 e. The summed E-state index contributed by atoms with van der Waals surface area (Å²) in [4.78, 5) is 13.0. The highest BCUT2D eigenvalue weighted by molar-refractivity contribution is 6.04. The zero-order valence-electron chi connectivity index (χ0n) is 18.0. The van der Waals surface area contributed by atoms with Gasteiger partial charge in [-0.15, -0.1) is 4.99 Å². The highest BCUT2D eigenvalue weighted by Gasteiger charge is 2.17. The molecular formula is C25H18N8. The Morgan fingerprint density at radius 3 is 2.52 bits per heavy atom. The van der Waals surface area contributed by atoms with Crippen LogP contribution in [-0.4, -0.2) is 19.1 Å². The van der Waals surface area contributed by atoms with E-state index < -0.39 is 0 Å². The van der Waals surface area contributed by atoms with Crippen molar-refractivity contribution >= 4 is 27.8 Å². The minimum Gasteiger partial charge on any atom is -0.384 e. The molecule has 0 saturated heterocycles. The van der Waals surface area contributed by atoms with Crippen molar-refractivity contribution in [2.75, 3.05) is 5.73 Å². The minimum absolute atomic E-state index is 0.444. The molecule has 0 aliphatic rings. The third kappa shape index (κ3) is 3.18. The number of aryl methyl sites for hydroxylation is 2. The molecule has 0 spiro atoms. The lowest BCUT2D eigenvalue weighted by Crippen LogP contribution is -2.23. The van der Waals surface area contributed by atoms with E-state index in [0.29, 0.717) is 17.0 Å². The zero-order chi connectivity index (χ0) is 23.1. The van der Waals surface area contributed by atoms with Crippen molar-refractivity contribution in [2.45, 2.75) is 6.92 Å². The number of hydrogen-bond acceptors (Lipinski definition) is 6. The van der Waals surface area contributed by atoms with E-state index in [-0.39, 0.29) is 0 Å². The summed E-state index contributed by atoms with van der Waals surface area (Å²) in [7, 11) is 1.85. The van der Waals surface area contributed by atoms with E-state index in [1.165, 1.54) is 0 Å². The van der Waals surface area contributed by atoms with E-state index in [1.54, 1.807) is 24.5 Å². The number of hydrogen-bond donors (Lipinski definition) is 1. The molecule has 0 aliphatic carbocycles. The van der Waals surface area contributed by atoms with Gasteiger partial charge in [-0.2, -0.15) is 10.5 Å². The van der Waals surface area contributed by atoms with Crippen LogP contribution in [0.15, 0.2) is 65.9 Å². The van der Waals surface area contributed by atoms with E-state index in [4.69, 9.17) is 5.73 Å². The molecule has 8 heteroatoms. The van der Waals surface area contributed by atoms with Gasteiger partial charge in [0, 0.05) is 24.2 Å². The van der Waals surface area contributed by atoms with Crippen LogP contribution in [0, 0.1) is 29.7 Å². The number of anilines is 1. The van der Waals surface area contributed by atoms with Gasteiger partial charge in [0.1, 0.15) is 5.82 Å². The predicted octanol–water partition coefficient (Wildman–Crippen LogP) is 3.72. The number of rotatable bonds is 2. The van der Waals surface area contributed by atoms with Gasteiger partial charge in [-0.3, -0.25) is 9.55 Å². The number of nitrogen functional groups attached to an aromatic ring is 1. The monoisotopic (exact) mass is 430 g/mol. The summed E-state index contributed by atoms with van der Waals surface area (Å²) in [6.07, 6.45) is 5.42. The molecule has 0 bridgehead atoms. The summed E-state index contributed by atoms with van der Waals surface area (Å²) >= 11 is 0. The summed E-state index contributed by atoms with van der Waals surface area (Å²) in [6, 6.07) is 17.4. The van der Waals surface area contributed by atoms with Gasteiger partial charge in [0.25, 0.3) is 0 Å². The maximum absolute atomic E-state index is 9.48. The molecule has 33 heavy (non-hydrogen) atoms. The molecule has 5 aromatic rings. The fourth-order valence-corrected chi connectivity index (χ4v) is 4.08. The molecule has 0 saturated carbocycles. The fourth-order valence-electron chi connectivity index (χ4n) is 4.08. The van der Waals surface area contributed by atoms with Crippen LogP contribution in [0.5, 0.6) is 0 Å². The average molecular weight is 430 g/mol. The first-order chi connectivity index (χ1) is 16.0. The molecule has 0 aliphatic heterocycles. The van der Waals surface area contributed by atoms with E-state index in [9.17, 15) is 10.5 Å². The van der Waals surface area contributed by atoms with Crippen molar-refractivity contribution in [3.05, 3.63) is 77.7 Å². The molecule has 2 aromatic carbocycles. The molecule has 0 unspecified atom stereocenters. The van der Waals surface area contributed by atoms with Crippen molar-refractivity contribution < 1.29 is 0 Å². The van der Waals surface area contributed by atoms with Gasteiger partial charge in [0.05, 0.1) is 40.1 Å². The van der Waals surface area contributed by atoms with Crippen LogP contribution >= 0.6 is 0 Å². The van der Waals surface area contributed by atoms with Crippen molar-refractivity contribution in [1.82, 2.24) is 19.1 Å². The topological polar surface area (TPSA) is 122 Å². The van der Waals surface area contributed by atoms with Crippen molar-refractivity contribution in [1.29, 1.82) is 10.5 Å². The second-order valence-electron chi connectivity index (χ2n) is 7.72. The summed E-state index contributed by atoms with van der Waals surface area (Å²) in [5, 5.41) is 19.8. The van der Waals surface area contributed by atoms with Gasteiger partial charge >= 0.3 is 0 Å². The molecule has 0 radical (unpaired) electrons. The Bertz CT molecular complexity index is 1710. The van der Waals surface area contributed by atoms with Crippen molar-refractivity contribution in [3.63, 3.8) is 0 Å². The first kappa shape index (κ1) is 20.0. The van der Waals surface area contributed by atoms with E-state index in [1.807, 2.05) is 65.7 Å². The molecule has 0 atom stereocenters. The summed E-state index contributed by atoms with van der Waals surface area (Å²) in [5.74, 6) is 0.458. The smallest absolute Gasteiger partial charge is 0.226 e. The van der Waals surface area contributed by atoms with E-state index in [2.05, 4.69) is 21.0 Å². The Kier molecular flexibility index (Phi) is 4.62. The zero-order valence-corrected chi connectivity index (χ0v) is 18.0. The Hall–Kier alpha value is -4.95. The van der Waals surface area contributed by atoms with Crippen LogP contribution in [0.25, 0.3) is 38.8 Å².